The topological polar surface area (TPSA) is 49.8 Å². The number of anilines is 2. The molecule has 2 aromatic rings. The van der Waals surface area contributed by atoms with Crippen LogP contribution in [0.3, 0.4) is 0 Å². The first kappa shape index (κ1) is 13.3. The molecule has 0 fully saturated rings. The summed E-state index contributed by atoms with van der Waals surface area (Å²) in [5.41, 5.74) is 3.75. The lowest BCUT2D eigenvalue weighted by atomic mass is 10.1. The minimum absolute atomic E-state index is 0.867. The van der Waals surface area contributed by atoms with Crippen molar-refractivity contribution in [3.05, 3.63) is 47.3 Å². The van der Waals surface area contributed by atoms with Crippen LogP contribution in [0.15, 0.2) is 30.6 Å². The highest BCUT2D eigenvalue weighted by Gasteiger charge is 2.05. The van der Waals surface area contributed by atoms with E-state index in [1.165, 1.54) is 11.1 Å². The first-order valence-electron chi connectivity index (χ1n) is 6.50. The third kappa shape index (κ3) is 3.22. The number of aromatic nitrogens is 2. The molecule has 0 amide bonds. The molecule has 19 heavy (non-hydrogen) atoms. The number of hydrogen-bond acceptors (Lipinski definition) is 4. The summed E-state index contributed by atoms with van der Waals surface area (Å²) in [6, 6.07) is 8.46. The summed E-state index contributed by atoms with van der Waals surface area (Å²) in [6.07, 6.45) is 2.57. The molecule has 0 radical (unpaired) electrons. The van der Waals surface area contributed by atoms with Crippen LogP contribution in [0.2, 0.25) is 0 Å². The quantitative estimate of drug-likeness (QED) is 0.863. The highest BCUT2D eigenvalue weighted by Crippen LogP contribution is 2.17. The molecule has 4 heteroatoms. The van der Waals surface area contributed by atoms with E-state index in [2.05, 4.69) is 51.8 Å². The van der Waals surface area contributed by atoms with Crippen molar-refractivity contribution in [1.29, 1.82) is 0 Å². The van der Waals surface area contributed by atoms with Crippen molar-refractivity contribution in [2.75, 3.05) is 24.2 Å². The van der Waals surface area contributed by atoms with Gasteiger partial charge in [0.15, 0.2) is 0 Å². The molecule has 1 heterocycles. The van der Waals surface area contributed by atoms with E-state index in [9.17, 15) is 0 Å². The second kappa shape index (κ2) is 6.18. The van der Waals surface area contributed by atoms with E-state index in [4.69, 9.17) is 0 Å². The lowest BCUT2D eigenvalue weighted by Gasteiger charge is -2.11. The minimum Gasteiger partial charge on any atom is -0.373 e. The summed E-state index contributed by atoms with van der Waals surface area (Å²) in [4.78, 5) is 8.45. The number of nitrogens with zero attached hydrogens (tertiary/aromatic N) is 2. The Hall–Kier alpha value is -2.10. The van der Waals surface area contributed by atoms with Crippen LogP contribution < -0.4 is 10.6 Å². The normalized spacial score (nSPS) is 10.3. The molecule has 2 rings (SSSR count). The molecule has 0 saturated heterocycles. The van der Waals surface area contributed by atoms with E-state index in [0.717, 1.165) is 30.2 Å². The molecule has 0 saturated carbocycles. The molecule has 1 aromatic heterocycles. The van der Waals surface area contributed by atoms with Gasteiger partial charge in [0.05, 0.1) is 0 Å². The summed E-state index contributed by atoms with van der Waals surface area (Å²) >= 11 is 0. The van der Waals surface area contributed by atoms with Crippen LogP contribution in [0.5, 0.6) is 0 Å². The molecule has 100 valence electrons. The molecule has 0 spiro atoms. The van der Waals surface area contributed by atoms with Crippen molar-refractivity contribution in [2.24, 2.45) is 0 Å². The van der Waals surface area contributed by atoms with Gasteiger partial charge in [-0.1, -0.05) is 24.3 Å². The van der Waals surface area contributed by atoms with Crippen molar-refractivity contribution in [2.45, 2.75) is 20.3 Å². The van der Waals surface area contributed by atoms with Gasteiger partial charge in [0, 0.05) is 19.2 Å². The molecular weight excluding hydrogens is 236 g/mol. The third-order valence-electron chi connectivity index (χ3n) is 3.27. The maximum Gasteiger partial charge on any atom is 0.134 e. The van der Waals surface area contributed by atoms with Gasteiger partial charge in [-0.3, -0.25) is 0 Å². The molecule has 0 atom stereocenters. The number of rotatable bonds is 5. The summed E-state index contributed by atoms with van der Waals surface area (Å²) in [5, 5.41) is 6.43. The van der Waals surface area contributed by atoms with E-state index in [1.54, 1.807) is 6.33 Å². The van der Waals surface area contributed by atoms with Crippen LogP contribution in [0, 0.1) is 13.8 Å². The average Bonchev–Trinajstić information content (AvgIpc) is 2.43. The molecule has 1 aromatic carbocycles. The number of aryl methyl sites for hydroxylation is 1. The van der Waals surface area contributed by atoms with Gasteiger partial charge in [-0.25, -0.2) is 9.97 Å². The van der Waals surface area contributed by atoms with E-state index in [0.29, 0.717) is 0 Å². The fourth-order valence-electron chi connectivity index (χ4n) is 2.09. The molecule has 0 aliphatic rings. The Kier molecular flexibility index (Phi) is 4.34. The second-order valence-electron chi connectivity index (χ2n) is 4.55. The summed E-state index contributed by atoms with van der Waals surface area (Å²) in [6.45, 7) is 5.03. The van der Waals surface area contributed by atoms with Gasteiger partial charge < -0.3 is 10.6 Å². The molecule has 0 bridgehead atoms. The highest BCUT2D eigenvalue weighted by molar-refractivity contribution is 5.56. The van der Waals surface area contributed by atoms with E-state index in [-0.39, 0.29) is 0 Å². The Morgan fingerprint density at radius 2 is 1.79 bits per heavy atom. The number of benzene rings is 1. The largest absolute Gasteiger partial charge is 0.373 e. The van der Waals surface area contributed by atoms with Gasteiger partial charge >= 0.3 is 0 Å². The first-order valence-corrected chi connectivity index (χ1v) is 6.50. The molecule has 0 aliphatic heterocycles. The lowest BCUT2D eigenvalue weighted by Crippen LogP contribution is -2.10. The lowest BCUT2D eigenvalue weighted by molar-refractivity contribution is 0.981. The standard InChI is InChI=1S/C15H20N4/c1-11-6-4-5-7-13(11)8-9-17-15-12(2)14(16-3)18-10-19-15/h4-7,10H,8-9H2,1-3H3,(H2,16,17,18,19). The van der Waals surface area contributed by atoms with Crippen LogP contribution in [0.1, 0.15) is 16.7 Å². The SMILES string of the molecule is CNc1ncnc(NCCc2ccccc2C)c1C. The van der Waals surface area contributed by atoms with Gasteiger partial charge in [-0.15, -0.1) is 0 Å². The van der Waals surface area contributed by atoms with Crippen LogP contribution >= 0.6 is 0 Å². The van der Waals surface area contributed by atoms with Gasteiger partial charge in [-0.05, 0) is 31.4 Å². The van der Waals surface area contributed by atoms with Crippen molar-refractivity contribution >= 4 is 11.6 Å². The van der Waals surface area contributed by atoms with Crippen LogP contribution in [0.4, 0.5) is 11.6 Å². The monoisotopic (exact) mass is 256 g/mol. The van der Waals surface area contributed by atoms with Crippen LogP contribution in [0.25, 0.3) is 0 Å². The maximum absolute atomic E-state index is 4.28. The number of hydrogen-bond donors (Lipinski definition) is 2. The Morgan fingerprint density at radius 3 is 2.53 bits per heavy atom. The minimum atomic E-state index is 0.867. The average molecular weight is 256 g/mol. The van der Waals surface area contributed by atoms with E-state index >= 15 is 0 Å². The highest BCUT2D eigenvalue weighted by atomic mass is 15.1. The zero-order valence-electron chi connectivity index (χ0n) is 11.7. The molecule has 0 unspecified atom stereocenters. The van der Waals surface area contributed by atoms with Gasteiger partial charge in [-0.2, -0.15) is 0 Å². The van der Waals surface area contributed by atoms with Gasteiger partial charge in [0.1, 0.15) is 18.0 Å². The zero-order chi connectivity index (χ0) is 13.7. The van der Waals surface area contributed by atoms with Gasteiger partial charge in [0.2, 0.25) is 0 Å². The number of nitrogens with one attached hydrogen (secondary N) is 2. The van der Waals surface area contributed by atoms with Gasteiger partial charge in [0.25, 0.3) is 0 Å². The van der Waals surface area contributed by atoms with Crippen LogP contribution in [-0.4, -0.2) is 23.6 Å². The van der Waals surface area contributed by atoms with Crippen molar-refractivity contribution in [1.82, 2.24) is 9.97 Å². The summed E-state index contributed by atoms with van der Waals surface area (Å²) < 4.78 is 0. The van der Waals surface area contributed by atoms with Crippen molar-refractivity contribution in [3.63, 3.8) is 0 Å². The van der Waals surface area contributed by atoms with Crippen LogP contribution in [-0.2, 0) is 6.42 Å². The fourth-order valence-corrected chi connectivity index (χ4v) is 2.09. The molecule has 0 aliphatic carbocycles. The Balaban J connectivity index is 1.98. The third-order valence-corrected chi connectivity index (χ3v) is 3.27. The molecular formula is C15H20N4. The second-order valence-corrected chi connectivity index (χ2v) is 4.55. The Bertz CT molecular complexity index is 552. The molecule has 2 N–H and O–H groups in total. The van der Waals surface area contributed by atoms with E-state index in [1.807, 2.05) is 14.0 Å². The Labute approximate surface area is 114 Å². The van der Waals surface area contributed by atoms with E-state index < -0.39 is 0 Å². The smallest absolute Gasteiger partial charge is 0.134 e. The first-order chi connectivity index (χ1) is 9.22. The summed E-state index contributed by atoms with van der Waals surface area (Å²) in [7, 11) is 1.87. The van der Waals surface area contributed by atoms with Crippen molar-refractivity contribution < 1.29 is 0 Å². The predicted octanol–water partition coefficient (Wildman–Crippen LogP) is 2.79. The fraction of sp³-hybridized carbons (Fsp3) is 0.333. The molecule has 4 nitrogen and oxygen atoms in total. The Morgan fingerprint density at radius 1 is 1.05 bits per heavy atom. The zero-order valence-corrected chi connectivity index (χ0v) is 11.7. The maximum atomic E-state index is 4.28. The van der Waals surface area contributed by atoms with Crippen molar-refractivity contribution in [3.8, 4) is 0 Å². The predicted molar refractivity (Wildman–Crippen MR) is 79.7 cm³/mol. The summed E-state index contributed by atoms with van der Waals surface area (Å²) in [5.74, 6) is 1.77.